The molecule has 1 nitrogen and oxygen atoms in total. The minimum absolute atomic E-state index is 0.0484. The van der Waals surface area contributed by atoms with E-state index >= 15 is 0 Å². The van der Waals surface area contributed by atoms with Crippen LogP contribution in [0.1, 0.15) is 0 Å². The third kappa shape index (κ3) is 2.96. The van der Waals surface area contributed by atoms with Crippen LogP contribution in [-0.2, 0) is 0 Å². The second kappa shape index (κ2) is 6.56. The van der Waals surface area contributed by atoms with Gasteiger partial charge in [-0.3, -0.25) is 0 Å². The summed E-state index contributed by atoms with van der Waals surface area (Å²) in [6.07, 6.45) is 1.93. The molecule has 24 heavy (non-hydrogen) atoms. The predicted molar refractivity (Wildman–Crippen MR) is 98.6 cm³/mol. The maximum absolute atomic E-state index is 13.2. The van der Waals surface area contributed by atoms with Crippen molar-refractivity contribution in [3.63, 3.8) is 0 Å². The van der Waals surface area contributed by atoms with E-state index in [2.05, 4.69) is 30.3 Å². The van der Waals surface area contributed by atoms with Gasteiger partial charge in [-0.15, -0.1) is 0 Å². The maximum atomic E-state index is 13.2. The molecule has 0 saturated carbocycles. The summed E-state index contributed by atoms with van der Waals surface area (Å²) in [6, 6.07) is 25.3. The quantitative estimate of drug-likeness (QED) is 0.496. The number of halogens is 1. The first-order valence-corrected chi connectivity index (χ1v) is 9.39. The Bertz CT molecular complexity index is 982. The van der Waals surface area contributed by atoms with Gasteiger partial charge >= 0.3 is 146 Å². The van der Waals surface area contributed by atoms with Gasteiger partial charge in [-0.25, -0.2) is 0 Å². The van der Waals surface area contributed by atoms with Crippen molar-refractivity contribution in [1.29, 1.82) is 0 Å². The van der Waals surface area contributed by atoms with Gasteiger partial charge < -0.3 is 0 Å². The first-order chi connectivity index (χ1) is 11.8. The summed E-state index contributed by atoms with van der Waals surface area (Å²) in [5, 5.41) is 2.35. The SMILES string of the molecule is Fc1ccc([Se]c2c(-c3ccccc3)ncc3ccccc23)cc1. The Morgan fingerprint density at radius 3 is 2.25 bits per heavy atom. The number of nitrogens with zero attached hydrogens (tertiary/aromatic N) is 1. The van der Waals surface area contributed by atoms with Gasteiger partial charge in [0.1, 0.15) is 0 Å². The molecule has 0 aliphatic carbocycles. The van der Waals surface area contributed by atoms with E-state index in [0.717, 1.165) is 21.1 Å². The molecule has 0 radical (unpaired) electrons. The molecule has 4 aromatic rings. The summed E-state index contributed by atoms with van der Waals surface area (Å²) in [4.78, 5) is 4.73. The summed E-state index contributed by atoms with van der Waals surface area (Å²) in [6.45, 7) is 0. The Morgan fingerprint density at radius 2 is 1.46 bits per heavy atom. The summed E-state index contributed by atoms with van der Waals surface area (Å²) >= 11 is 0.0484. The van der Waals surface area contributed by atoms with Gasteiger partial charge in [0, 0.05) is 0 Å². The van der Waals surface area contributed by atoms with E-state index in [0.29, 0.717) is 0 Å². The average molecular weight is 378 g/mol. The molecular weight excluding hydrogens is 364 g/mol. The molecule has 0 aliphatic heterocycles. The fourth-order valence-electron chi connectivity index (χ4n) is 2.66. The van der Waals surface area contributed by atoms with Crippen LogP contribution in [-0.4, -0.2) is 19.9 Å². The van der Waals surface area contributed by atoms with Gasteiger partial charge in [0.05, 0.1) is 0 Å². The Hall–Kier alpha value is -2.48. The first kappa shape index (κ1) is 15.1. The van der Waals surface area contributed by atoms with Crippen LogP contribution in [0.2, 0.25) is 0 Å². The van der Waals surface area contributed by atoms with Gasteiger partial charge in [0.15, 0.2) is 0 Å². The molecule has 1 aromatic heterocycles. The number of rotatable bonds is 3. The van der Waals surface area contributed by atoms with E-state index < -0.39 is 0 Å². The molecule has 0 bridgehead atoms. The van der Waals surface area contributed by atoms with Crippen molar-refractivity contribution in [3.8, 4) is 11.3 Å². The van der Waals surface area contributed by atoms with Crippen molar-refractivity contribution in [3.05, 3.63) is 90.9 Å². The van der Waals surface area contributed by atoms with E-state index in [1.165, 1.54) is 22.0 Å². The monoisotopic (exact) mass is 379 g/mol. The predicted octanol–water partition coefficient (Wildman–Crippen LogP) is 3.70. The molecule has 0 atom stereocenters. The third-order valence-corrected chi connectivity index (χ3v) is 6.19. The average Bonchev–Trinajstić information content (AvgIpc) is 2.64. The summed E-state index contributed by atoms with van der Waals surface area (Å²) < 4.78 is 15.6. The number of hydrogen-bond donors (Lipinski definition) is 0. The van der Waals surface area contributed by atoms with Crippen molar-refractivity contribution in [1.82, 2.24) is 4.98 Å². The van der Waals surface area contributed by atoms with Crippen LogP contribution in [0.15, 0.2) is 85.1 Å². The molecule has 1 heterocycles. The van der Waals surface area contributed by atoms with Crippen LogP contribution in [0.5, 0.6) is 0 Å². The van der Waals surface area contributed by atoms with Crippen molar-refractivity contribution in [2.24, 2.45) is 0 Å². The summed E-state index contributed by atoms with van der Waals surface area (Å²) in [5.74, 6) is -0.200. The van der Waals surface area contributed by atoms with E-state index in [4.69, 9.17) is 4.98 Å². The molecule has 0 saturated heterocycles. The molecular formula is C21H14FNSe. The number of fused-ring (bicyclic) bond motifs is 1. The van der Waals surface area contributed by atoms with Gasteiger partial charge in [0.2, 0.25) is 0 Å². The zero-order valence-electron chi connectivity index (χ0n) is 12.8. The summed E-state index contributed by atoms with van der Waals surface area (Å²) in [5.41, 5.74) is 2.13. The molecule has 4 rings (SSSR count). The molecule has 0 unspecified atom stereocenters. The van der Waals surface area contributed by atoms with Crippen molar-refractivity contribution in [2.45, 2.75) is 0 Å². The van der Waals surface area contributed by atoms with Crippen molar-refractivity contribution >= 4 is 34.7 Å². The molecule has 0 spiro atoms. The Kier molecular flexibility index (Phi) is 4.12. The number of pyridine rings is 1. The van der Waals surface area contributed by atoms with Crippen molar-refractivity contribution in [2.75, 3.05) is 0 Å². The number of hydrogen-bond acceptors (Lipinski definition) is 1. The normalized spacial score (nSPS) is 10.9. The van der Waals surface area contributed by atoms with Crippen LogP contribution < -0.4 is 8.92 Å². The van der Waals surface area contributed by atoms with Crippen LogP contribution in [0.25, 0.3) is 22.0 Å². The van der Waals surface area contributed by atoms with Crippen LogP contribution >= 0.6 is 0 Å². The van der Waals surface area contributed by atoms with Gasteiger partial charge in [-0.2, -0.15) is 0 Å². The van der Waals surface area contributed by atoms with E-state index in [-0.39, 0.29) is 20.8 Å². The topological polar surface area (TPSA) is 12.9 Å². The van der Waals surface area contributed by atoms with Gasteiger partial charge in [-0.1, -0.05) is 0 Å². The van der Waals surface area contributed by atoms with Crippen molar-refractivity contribution < 1.29 is 4.39 Å². The third-order valence-electron chi connectivity index (χ3n) is 3.83. The Labute approximate surface area is 146 Å². The number of aromatic nitrogens is 1. The van der Waals surface area contributed by atoms with Gasteiger partial charge in [0.25, 0.3) is 0 Å². The second-order valence-corrected chi connectivity index (χ2v) is 7.72. The molecule has 0 fully saturated rings. The van der Waals surface area contributed by atoms with Crippen LogP contribution in [0.3, 0.4) is 0 Å². The minimum atomic E-state index is -0.200. The second-order valence-electron chi connectivity index (χ2n) is 5.45. The fraction of sp³-hybridized carbons (Fsp3) is 0. The standard InChI is InChI=1S/C21H14FNSe/c22-17-10-12-18(13-11-17)24-21-19-9-5-4-8-16(19)14-23-20(21)15-6-2-1-3-7-15/h1-14H. The molecule has 0 N–H and O–H groups in total. The van der Waals surface area contributed by atoms with E-state index in [9.17, 15) is 4.39 Å². The Balaban J connectivity index is 1.91. The molecule has 0 amide bonds. The fourth-order valence-corrected chi connectivity index (χ4v) is 4.91. The van der Waals surface area contributed by atoms with Gasteiger partial charge in [-0.05, 0) is 0 Å². The van der Waals surface area contributed by atoms with Crippen LogP contribution in [0.4, 0.5) is 4.39 Å². The molecule has 3 heteroatoms. The summed E-state index contributed by atoms with van der Waals surface area (Å²) in [7, 11) is 0. The number of benzene rings is 3. The molecule has 116 valence electrons. The molecule has 3 aromatic carbocycles. The zero-order valence-corrected chi connectivity index (χ0v) is 14.5. The van der Waals surface area contributed by atoms with E-state index in [1.54, 1.807) is 0 Å². The zero-order chi connectivity index (χ0) is 16.4. The van der Waals surface area contributed by atoms with Crippen LogP contribution in [0, 0.1) is 5.82 Å². The Morgan fingerprint density at radius 1 is 0.750 bits per heavy atom. The van der Waals surface area contributed by atoms with E-state index in [1.807, 2.05) is 42.6 Å². The molecule has 0 aliphatic rings. The first-order valence-electron chi connectivity index (χ1n) is 7.68.